The monoisotopic (exact) mass is 268 g/mol. The number of carbonyl (C=O) groups is 2. The van der Waals surface area contributed by atoms with E-state index in [1.165, 1.54) is 32.1 Å². The third-order valence-electron chi connectivity index (χ3n) is 3.34. The Kier molecular flexibility index (Phi) is 6.06. The first-order valence-electron chi connectivity index (χ1n) is 7.14. The quantitative estimate of drug-likeness (QED) is 0.292. The van der Waals surface area contributed by atoms with E-state index in [2.05, 4.69) is 13.5 Å². The molecule has 4 heteroatoms. The molecular weight excluding hydrogens is 244 g/mol. The van der Waals surface area contributed by atoms with Crippen LogP contribution in [0.15, 0.2) is 12.2 Å². The lowest BCUT2D eigenvalue weighted by atomic mass is 10.0. The van der Waals surface area contributed by atoms with Gasteiger partial charge in [0.1, 0.15) is 5.57 Å². The van der Waals surface area contributed by atoms with Gasteiger partial charge >= 0.3 is 11.9 Å². The molecule has 0 aromatic carbocycles. The Labute approximate surface area is 115 Å². The second-order valence-electron chi connectivity index (χ2n) is 5.26. The van der Waals surface area contributed by atoms with Gasteiger partial charge in [0.25, 0.3) is 5.79 Å². The van der Waals surface area contributed by atoms with Crippen LogP contribution in [-0.4, -0.2) is 17.7 Å². The largest absolute Gasteiger partial charge is 0.419 e. The molecule has 0 amide bonds. The molecule has 1 fully saturated rings. The molecule has 1 aliphatic heterocycles. The van der Waals surface area contributed by atoms with Gasteiger partial charge in [-0.05, 0) is 6.42 Å². The summed E-state index contributed by atoms with van der Waals surface area (Å²) in [7, 11) is 0. The van der Waals surface area contributed by atoms with Gasteiger partial charge in [-0.1, -0.05) is 52.0 Å². The average Bonchev–Trinajstić information content (AvgIpc) is 2.35. The molecule has 1 heterocycles. The molecule has 0 aromatic heterocycles. The van der Waals surface area contributed by atoms with Crippen molar-refractivity contribution in [2.45, 2.75) is 71.0 Å². The predicted molar refractivity (Wildman–Crippen MR) is 72.3 cm³/mol. The molecule has 0 unspecified atom stereocenters. The van der Waals surface area contributed by atoms with Crippen molar-refractivity contribution in [2.75, 3.05) is 0 Å². The SMILES string of the molecule is C=C1C(=O)OC(C)(CCCCCCCCC)OC1=O. The molecule has 0 N–H and O–H groups in total. The van der Waals surface area contributed by atoms with Crippen molar-refractivity contribution in [1.29, 1.82) is 0 Å². The fraction of sp³-hybridized carbons (Fsp3) is 0.733. The van der Waals surface area contributed by atoms with E-state index in [4.69, 9.17) is 9.47 Å². The minimum Gasteiger partial charge on any atom is -0.419 e. The maximum Gasteiger partial charge on any atom is 0.348 e. The van der Waals surface area contributed by atoms with E-state index >= 15 is 0 Å². The van der Waals surface area contributed by atoms with Gasteiger partial charge in [0.05, 0.1) is 0 Å². The van der Waals surface area contributed by atoms with Gasteiger partial charge in [-0.2, -0.15) is 0 Å². The highest BCUT2D eigenvalue weighted by atomic mass is 16.7. The maximum absolute atomic E-state index is 11.4. The van der Waals surface area contributed by atoms with E-state index in [-0.39, 0.29) is 5.57 Å². The van der Waals surface area contributed by atoms with E-state index < -0.39 is 17.7 Å². The first kappa shape index (κ1) is 15.7. The molecule has 1 saturated heterocycles. The average molecular weight is 268 g/mol. The third-order valence-corrected chi connectivity index (χ3v) is 3.34. The minimum absolute atomic E-state index is 0.225. The van der Waals surface area contributed by atoms with Crippen molar-refractivity contribution in [3.05, 3.63) is 12.2 Å². The van der Waals surface area contributed by atoms with Crippen LogP contribution in [0.3, 0.4) is 0 Å². The Morgan fingerprint density at radius 1 is 0.947 bits per heavy atom. The van der Waals surface area contributed by atoms with Crippen molar-refractivity contribution in [3.63, 3.8) is 0 Å². The number of cyclic esters (lactones) is 2. The van der Waals surface area contributed by atoms with Gasteiger partial charge in [0.15, 0.2) is 0 Å². The zero-order valence-electron chi connectivity index (χ0n) is 12.0. The Morgan fingerprint density at radius 3 is 1.95 bits per heavy atom. The molecule has 0 atom stereocenters. The van der Waals surface area contributed by atoms with Crippen LogP contribution in [0.5, 0.6) is 0 Å². The molecule has 108 valence electrons. The van der Waals surface area contributed by atoms with Crippen LogP contribution in [0.1, 0.15) is 65.2 Å². The number of esters is 2. The Balaban J connectivity index is 2.23. The predicted octanol–water partition coefficient (Wildman–Crippen LogP) is 3.50. The second-order valence-corrected chi connectivity index (χ2v) is 5.26. The Hall–Kier alpha value is -1.32. The Bertz CT molecular complexity index is 326. The van der Waals surface area contributed by atoms with Crippen molar-refractivity contribution in [1.82, 2.24) is 0 Å². The number of carbonyl (C=O) groups excluding carboxylic acids is 2. The summed E-state index contributed by atoms with van der Waals surface area (Å²) in [6, 6.07) is 0. The van der Waals surface area contributed by atoms with Gasteiger partial charge in [0.2, 0.25) is 0 Å². The number of hydrogen-bond acceptors (Lipinski definition) is 4. The lowest BCUT2D eigenvalue weighted by Gasteiger charge is -2.33. The molecule has 0 saturated carbocycles. The van der Waals surface area contributed by atoms with Gasteiger partial charge in [0, 0.05) is 13.3 Å². The van der Waals surface area contributed by atoms with Gasteiger partial charge in [-0.15, -0.1) is 0 Å². The van der Waals surface area contributed by atoms with E-state index in [0.717, 1.165) is 12.8 Å². The summed E-state index contributed by atoms with van der Waals surface area (Å²) in [6.07, 6.45) is 8.71. The van der Waals surface area contributed by atoms with Crippen LogP contribution in [0.25, 0.3) is 0 Å². The van der Waals surface area contributed by atoms with Crippen LogP contribution >= 0.6 is 0 Å². The summed E-state index contributed by atoms with van der Waals surface area (Å²) in [5.74, 6) is -2.44. The lowest BCUT2D eigenvalue weighted by Crippen LogP contribution is -2.43. The molecule has 0 aliphatic carbocycles. The van der Waals surface area contributed by atoms with E-state index in [0.29, 0.717) is 6.42 Å². The molecule has 19 heavy (non-hydrogen) atoms. The first-order chi connectivity index (χ1) is 8.98. The molecule has 0 aromatic rings. The highest BCUT2D eigenvalue weighted by Gasteiger charge is 2.40. The maximum atomic E-state index is 11.4. The summed E-state index contributed by atoms with van der Waals surface area (Å²) in [5.41, 5.74) is -0.225. The van der Waals surface area contributed by atoms with Crippen molar-refractivity contribution in [3.8, 4) is 0 Å². The topological polar surface area (TPSA) is 52.6 Å². The molecule has 0 bridgehead atoms. The van der Waals surface area contributed by atoms with E-state index in [9.17, 15) is 9.59 Å². The van der Waals surface area contributed by atoms with Crippen molar-refractivity contribution in [2.24, 2.45) is 0 Å². The standard InChI is InChI=1S/C15H24O4/c1-4-5-6-7-8-9-10-11-15(3)18-13(16)12(2)14(17)19-15/h2,4-11H2,1,3H3. The summed E-state index contributed by atoms with van der Waals surface area (Å²) >= 11 is 0. The minimum atomic E-state index is -1.11. The molecule has 1 rings (SSSR count). The van der Waals surface area contributed by atoms with Gasteiger partial charge < -0.3 is 9.47 Å². The molecule has 1 aliphatic rings. The lowest BCUT2D eigenvalue weighted by molar-refractivity contribution is -0.231. The second kappa shape index (κ2) is 7.31. The zero-order chi connectivity index (χ0) is 14.3. The number of unbranched alkanes of at least 4 members (excludes halogenated alkanes) is 6. The summed E-state index contributed by atoms with van der Waals surface area (Å²) < 4.78 is 10.2. The van der Waals surface area contributed by atoms with E-state index in [1.54, 1.807) is 6.92 Å². The third kappa shape index (κ3) is 5.05. The zero-order valence-corrected chi connectivity index (χ0v) is 12.0. The number of hydrogen-bond donors (Lipinski definition) is 0. The van der Waals surface area contributed by atoms with Gasteiger partial charge in [-0.25, -0.2) is 9.59 Å². The highest BCUT2D eigenvalue weighted by molar-refractivity contribution is 6.14. The number of rotatable bonds is 8. The van der Waals surface area contributed by atoms with Crippen LogP contribution < -0.4 is 0 Å². The number of ether oxygens (including phenoxy) is 2. The molecule has 0 radical (unpaired) electrons. The first-order valence-corrected chi connectivity index (χ1v) is 7.14. The summed E-state index contributed by atoms with van der Waals surface area (Å²) in [6.45, 7) is 7.16. The fourth-order valence-electron chi connectivity index (χ4n) is 2.12. The van der Waals surface area contributed by atoms with Crippen molar-refractivity contribution >= 4 is 11.9 Å². The molecule has 4 nitrogen and oxygen atoms in total. The fourth-order valence-corrected chi connectivity index (χ4v) is 2.12. The van der Waals surface area contributed by atoms with Crippen LogP contribution in [0, 0.1) is 0 Å². The van der Waals surface area contributed by atoms with Crippen LogP contribution in [0.4, 0.5) is 0 Å². The molecule has 0 spiro atoms. The molecular formula is C15H24O4. The van der Waals surface area contributed by atoms with Crippen LogP contribution in [-0.2, 0) is 19.1 Å². The highest BCUT2D eigenvalue weighted by Crippen LogP contribution is 2.28. The van der Waals surface area contributed by atoms with Gasteiger partial charge in [-0.3, -0.25) is 0 Å². The van der Waals surface area contributed by atoms with E-state index in [1.807, 2.05) is 0 Å². The smallest absolute Gasteiger partial charge is 0.348 e. The Morgan fingerprint density at radius 2 is 1.42 bits per heavy atom. The normalized spacial score (nSPS) is 18.1. The summed E-state index contributed by atoms with van der Waals surface area (Å²) in [4.78, 5) is 22.8. The summed E-state index contributed by atoms with van der Waals surface area (Å²) in [5, 5.41) is 0. The van der Waals surface area contributed by atoms with Crippen molar-refractivity contribution < 1.29 is 19.1 Å². The van der Waals surface area contributed by atoms with Crippen LogP contribution in [0.2, 0.25) is 0 Å².